The second-order valence-electron chi connectivity index (χ2n) is 3.14. The molecule has 15 heavy (non-hydrogen) atoms. The standard InChI is InChI=1S/C9H7NO5/c11-9(12)8-7(15-8)5-1-3-6(4-2-5)10(13)14/h1-4,7-8H,(H,11,12)/p-1. The molecule has 0 N–H and O–H groups in total. The van der Waals surface area contributed by atoms with Gasteiger partial charge in [-0.15, -0.1) is 0 Å². The number of carboxylic acid groups (broad SMARTS) is 1. The van der Waals surface area contributed by atoms with Gasteiger partial charge < -0.3 is 14.6 Å². The van der Waals surface area contributed by atoms with Gasteiger partial charge in [-0.05, 0) is 17.7 Å². The summed E-state index contributed by atoms with van der Waals surface area (Å²) in [7, 11) is 0. The highest BCUT2D eigenvalue weighted by atomic mass is 16.6. The second kappa shape index (κ2) is 3.32. The van der Waals surface area contributed by atoms with Crippen molar-refractivity contribution in [2.75, 3.05) is 0 Å². The minimum atomic E-state index is -1.27. The molecule has 2 atom stereocenters. The summed E-state index contributed by atoms with van der Waals surface area (Å²) in [5, 5.41) is 20.7. The van der Waals surface area contributed by atoms with Crippen molar-refractivity contribution in [1.29, 1.82) is 0 Å². The number of rotatable bonds is 3. The van der Waals surface area contributed by atoms with E-state index in [2.05, 4.69) is 0 Å². The molecule has 78 valence electrons. The number of epoxide rings is 1. The highest BCUT2D eigenvalue weighted by Crippen LogP contribution is 2.38. The summed E-state index contributed by atoms with van der Waals surface area (Å²) in [6.45, 7) is 0. The van der Waals surface area contributed by atoms with Crippen molar-refractivity contribution in [1.82, 2.24) is 0 Å². The quantitative estimate of drug-likeness (QED) is 0.389. The highest BCUT2D eigenvalue weighted by Gasteiger charge is 2.41. The number of nitro benzene ring substituents is 1. The van der Waals surface area contributed by atoms with Crippen molar-refractivity contribution >= 4 is 11.7 Å². The van der Waals surface area contributed by atoms with Gasteiger partial charge in [-0.3, -0.25) is 10.1 Å². The Morgan fingerprint density at radius 3 is 2.33 bits per heavy atom. The zero-order chi connectivity index (χ0) is 11.0. The van der Waals surface area contributed by atoms with E-state index in [9.17, 15) is 20.0 Å². The lowest BCUT2D eigenvalue weighted by atomic mass is 10.1. The highest BCUT2D eigenvalue weighted by molar-refractivity contribution is 5.74. The van der Waals surface area contributed by atoms with E-state index >= 15 is 0 Å². The van der Waals surface area contributed by atoms with Crippen LogP contribution in [0.15, 0.2) is 24.3 Å². The van der Waals surface area contributed by atoms with Gasteiger partial charge in [-0.1, -0.05) is 0 Å². The van der Waals surface area contributed by atoms with Gasteiger partial charge in [-0.2, -0.15) is 0 Å². The first kappa shape index (κ1) is 9.60. The maximum absolute atomic E-state index is 10.4. The average Bonchev–Trinajstić information content (AvgIpc) is 2.97. The third-order valence-corrected chi connectivity index (χ3v) is 2.16. The van der Waals surface area contributed by atoms with E-state index in [1.54, 1.807) is 0 Å². The Bertz CT molecular complexity index is 413. The molecule has 1 heterocycles. The first-order valence-electron chi connectivity index (χ1n) is 4.20. The summed E-state index contributed by atoms with van der Waals surface area (Å²) in [4.78, 5) is 20.2. The zero-order valence-corrected chi connectivity index (χ0v) is 7.45. The number of nitro groups is 1. The normalized spacial score (nSPS) is 23.5. The number of carboxylic acids is 1. The Hall–Kier alpha value is -1.95. The summed E-state index contributed by atoms with van der Waals surface area (Å²) in [5.41, 5.74) is 0.569. The van der Waals surface area contributed by atoms with Crippen LogP contribution in [0.3, 0.4) is 0 Å². The first-order chi connectivity index (χ1) is 7.09. The van der Waals surface area contributed by atoms with Crippen LogP contribution in [-0.4, -0.2) is 17.0 Å². The molecule has 1 aromatic carbocycles. The molecule has 1 saturated heterocycles. The molecule has 1 fully saturated rings. The number of hydrogen-bond acceptors (Lipinski definition) is 5. The zero-order valence-electron chi connectivity index (χ0n) is 7.45. The maximum atomic E-state index is 10.4. The van der Waals surface area contributed by atoms with Crippen molar-refractivity contribution in [2.45, 2.75) is 12.2 Å². The van der Waals surface area contributed by atoms with E-state index in [-0.39, 0.29) is 5.69 Å². The van der Waals surface area contributed by atoms with E-state index in [0.717, 1.165) is 0 Å². The van der Waals surface area contributed by atoms with Gasteiger partial charge in [0.1, 0.15) is 12.2 Å². The molecule has 6 nitrogen and oxygen atoms in total. The number of hydrogen-bond donors (Lipinski definition) is 0. The van der Waals surface area contributed by atoms with Crippen LogP contribution in [0.4, 0.5) is 5.69 Å². The molecular weight excluding hydrogens is 202 g/mol. The summed E-state index contributed by atoms with van der Waals surface area (Å²) in [5.74, 6) is -1.27. The van der Waals surface area contributed by atoms with Gasteiger partial charge in [0.15, 0.2) is 0 Å². The van der Waals surface area contributed by atoms with Crippen LogP contribution in [0.2, 0.25) is 0 Å². The minimum Gasteiger partial charge on any atom is -0.547 e. The lowest BCUT2D eigenvalue weighted by Crippen LogP contribution is -2.28. The van der Waals surface area contributed by atoms with Crippen LogP contribution < -0.4 is 5.11 Å². The van der Waals surface area contributed by atoms with Gasteiger partial charge in [0, 0.05) is 12.1 Å². The summed E-state index contributed by atoms with van der Waals surface area (Å²) in [6, 6.07) is 5.57. The fraction of sp³-hybridized carbons (Fsp3) is 0.222. The van der Waals surface area contributed by atoms with E-state index in [4.69, 9.17) is 4.74 Å². The van der Waals surface area contributed by atoms with Crippen molar-refractivity contribution in [3.05, 3.63) is 39.9 Å². The Labute approximate surface area is 84.2 Å². The van der Waals surface area contributed by atoms with Crippen LogP contribution in [0, 0.1) is 10.1 Å². The van der Waals surface area contributed by atoms with Gasteiger partial charge >= 0.3 is 0 Å². The molecule has 1 aromatic rings. The van der Waals surface area contributed by atoms with E-state index in [1.807, 2.05) is 0 Å². The number of aliphatic carboxylic acids is 1. The first-order valence-corrected chi connectivity index (χ1v) is 4.20. The fourth-order valence-electron chi connectivity index (χ4n) is 1.33. The number of carbonyl (C=O) groups excluding carboxylic acids is 1. The fourth-order valence-corrected chi connectivity index (χ4v) is 1.33. The van der Waals surface area contributed by atoms with Crippen molar-refractivity contribution in [2.24, 2.45) is 0 Å². The summed E-state index contributed by atoms with van der Waals surface area (Å²) in [6.07, 6.45) is -1.46. The molecule has 0 saturated carbocycles. The molecule has 1 aliphatic heterocycles. The number of non-ortho nitro benzene ring substituents is 1. The smallest absolute Gasteiger partial charge is 0.269 e. The molecule has 0 aromatic heterocycles. The lowest BCUT2D eigenvalue weighted by Gasteiger charge is -1.96. The SMILES string of the molecule is O=C([O-])C1OC1c1ccc([N+](=O)[O-])cc1. The van der Waals surface area contributed by atoms with Crippen LogP contribution in [-0.2, 0) is 9.53 Å². The Morgan fingerprint density at radius 1 is 1.33 bits per heavy atom. The molecular formula is C9H6NO5-. The van der Waals surface area contributed by atoms with Gasteiger partial charge in [0.2, 0.25) is 0 Å². The van der Waals surface area contributed by atoms with Crippen LogP contribution in [0.25, 0.3) is 0 Å². The van der Waals surface area contributed by atoms with E-state index in [0.29, 0.717) is 5.56 Å². The largest absolute Gasteiger partial charge is 0.547 e. The minimum absolute atomic E-state index is 0.0376. The molecule has 2 rings (SSSR count). The molecule has 0 aliphatic carbocycles. The Morgan fingerprint density at radius 2 is 1.93 bits per heavy atom. The number of benzene rings is 1. The summed E-state index contributed by atoms with van der Waals surface area (Å²) < 4.78 is 4.83. The lowest BCUT2D eigenvalue weighted by molar-refractivity contribution is -0.384. The third-order valence-electron chi connectivity index (χ3n) is 2.16. The molecule has 0 amide bonds. The molecule has 0 radical (unpaired) electrons. The molecule has 6 heteroatoms. The third kappa shape index (κ3) is 1.79. The Kier molecular flexibility index (Phi) is 2.12. The molecule has 1 aliphatic rings. The van der Waals surface area contributed by atoms with E-state index in [1.165, 1.54) is 24.3 Å². The number of nitrogens with zero attached hydrogens (tertiary/aromatic N) is 1. The van der Waals surface area contributed by atoms with Crippen molar-refractivity contribution < 1.29 is 19.6 Å². The van der Waals surface area contributed by atoms with Gasteiger partial charge in [0.05, 0.1) is 10.9 Å². The van der Waals surface area contributed by atoms with Gasteiger partial charge in [-0.25, -0.2) is 0 Å². The Balaban J connectivity index is 2.12. The van der Waals surface area contributed by atoms with Crippen LogP contribution >= 0.6 is 0 Å². The topological polar surface area (TPSA) is 95.8 Å². The van der Waals surface area contributed by atoms with Gasteiger partial charge in [0.25, 0.3) is 5.69 Å². The van der Waals surface area contributed by atoms with Crippen LogP contribution in [0.1, 0.15) is 11.7 Å². The summed E-state index contributed by atoms with van der Waals surface area (Å²) >= 11 is 0. The molecule has 2 unspecified atom stereocenters. The predicted octanol–water partition coefficient (Wildman–Crippen LogP) is -0.215. The molecule has 0 spiro atoms. The number of ether oxygens (including phenoxy) is 1. The van der Waals surface area contributed by atoms with Crippen LogP contribution in [0.5, 0.6) is 0 Å². The second-order valence-corrected chi connectivity index (χ2v) is 3.14. The van der Waals surface area contributed by atoms with Crippen molar-refractivity contribution in [3.8, 4) is 0 Å². The van der Waals surface area contributed by atoms with Crippen molar-refractivity contribution in [3.63, 3.8) is 0 Å². The molecule has 0 bridgehead atoms. The maximum Gasteiger partial charge on any atom is 0.269 e. The average molecular weight is 208 g/mol. The van der Waals surface area contributed by atoms with E-state index < -0.39 is 23.1 Å². The monoisotopic (exact) mass is 208 g/mol. The number of carbonyl (C=O) groups is 1. The predicted molar refractivity (Wildman–Crippen MR) is 45.7 cm³/mol.